The molecule has 1 aliphatic heterocycles. The summed E-state index contributed by atoms with van der Waals surface area (Å²) in [4.78, 5) is 0. The monoisotopic (exact) mass is 245 g/mol. The highest BCUT2D eigenvalue weighted by molar-refractivity contribution is 6.00. The molecule has 0 aromatic heterocycles. The van der Waals surface area contributed by atoms with Gasteiger partial charge in [0.1, 0.15) is 0 Å². The van der Waals surface area contributed by atoms with Gasteiger partial charge >= 0.3 is 0 Å². The molecule has 0 bridgehead atoms. The number of amidine groups is 1. The SMILES string of the molecule is CC(C)CC1NC=Cc2c(/C(N)=N/O)cccc21. The van der Waals surface area contributed by atoms with Crippen molar-refractivity contribution >= 4 is 11.9 Å². The second kappa shape index (κ2) is 5.12. The number of benzene rings is 1. The predicted octanol–water partition coefficient (Wildman–Crippen LogP) is 2.44. The minimum Gasteiger partial charge on any atom is -0.409 e. The molecule has 2 rings (SSSR count). The third kappa shape index (κ3) is 2.32. The van der Waals surface area contributed by atoms with Gasteiger partial charge in [-0.2, -0.15) is 0 Å². The van der Waals surface area contributed by atoms with Crippen LogP contribution >= 0.6 is 0 Å². The lowest BCUT2D eigenvalue weighted by atomic mass is 9.89. The van der Waals surface area contributed by atoms with Gasteiger partial charge in [0.2, 0.25) is 0 Å². The van der Waals surface area contributed by atoms with E-state index in [2.05, 4.69) is 30.4 Å². The number of oxime groups is 1. The van der Waals surface area contributed by atoms with Gasteiger partial charge < -0.3 is 16.3 Å². The highest BCUT2D eigenvalue weighted by atomic mass is 16.4. The Morgan fingerprint density at radius 3 is 2.94 bits per heavy atom. The number of rotatable bonds is 3. The molecule has 0 fully saturated rings. The number of nitrogens with zero attached hydrogens (tertiary/aromatic N) is 1. The Morgan fingerprint density at radius 1 is 1.50 bits per heavy atom. The number of hydrogen-bond donors (Lipinski definition) is 3. The summed E-state index contributed by atoms with van der Waals surface area (Å²) in [6.07, 6.45) is 4.96. The zero-order valence-corrected chi connectivity index (χ0v) is 10.7. The first-order valence-corrected chi connectivity index (χ1v) is 6.17. The molecule has 18 heavy (non-hydrogen) atoms. The number of nitrogens with one attached hydrogen (secondary N) is 1. The average molecular weight is 245 g/mol. The third-order valence-electron chi connectivity index (χ3n) is 3.15. The Morgan fingerprint density at radius 2 is 2.28 bits per heavy atom. The molecular formula is C14H19N3O. The molecule has 0 aliphatic carbocycles. The molecule has 0 spiro atoms. The predicted molar refractivity (Wildman–Crippen MR) is 73.3 cm³/mol. The summed E-state index contributed by atoms with van der Waals surface area (Å²) in [5.74, 6) is 0.760. The summed E-state index contributed by atoms with van der Waals surface area (Å²) in [6, 6.07) is 6.19. The maximum absolute atomic E-state index is 8.82. The Balaban J connectivity index is 2.45. The summed E-state index contributed by atoms with van der Waals surface area (Å²) in [5, 5.41) is 15.3. The Hall–Kier alpha value is -1.97. The van der Waals surface area contributed by atoms with Crippen molar-refractivity contribution in [2.45, 2.75) is 26.3 Å². The van der Waals surface area contributed by atoms with Gasteiger partial charge in [0, 0.05) is 5.56 Å². The van der Waals surface area contributed by atoms with Gasteiger partial charge in [-0.1, -0.05) is 37.2 Å². The van der Waals surface area contributed by atoms with E-state index < -0.39 is 0 Å². The van der Waals surface area contributed by atoms with Crippen molar-refractivity contribution in [3.8, 4) is 0 Å². The highest BCUT2D eigenvalue weighted by Crippen LogP contribution is 2.30. The van der Waals surface area contributed by atoms with Crippen LogP contribution in [0.1, 0.15) is 43.0 Å². The second-order valence-corrected chi connectivity index (χ2v) is 4.98. The molecule has 4 nitrogen and oxygen atoms in total. The van der Waals surface area contributed by atoms with E-state index in [4.69, 9.17) is 10.9 Å². The van der Waals surface area contributed by atoms with Crippen LogP contribution in [0.5, 0.6) is 0 Å². The Kier molecular flexibility index (Phi) is 3.55. The van der Waals surface area contributed by atoms with Crippen LogP contribution in [-0.2, 0) is 0 Å². The van der Waals surface area contributed by atoms with E-state index in [1.165, 1.54) is 5.56 Å². The van der Waals surface area contributed by atoms with E-state index in [0.29, 0.717) is 5.92 Å². The number of hydrogen-bond acceptors (Lipinski definition) is 3. The van der Waals surface area contributed by atoms with Crippen LogP contribution in [0.25, 0.3) is 6.08 Å². The lowest BCUT2D eigenvalue weighted by molar-refractivity contribution is 0.318. The average Bonchev–Trinajstić information content (AvgIpc) is 2.37. The zero-order chi connectivity index (χ0) is 13.1. The molecule has 4 N–H and O–H groups in total. The summed E-state index contributed by atoms with van der Waals surface area (Å²) in [6.45, 7) is 4.40. The smallest absolute Gasteiger partial charge is 0.170 e. The number of nitrogens with two attached hydrogens (primary N) is 1. The van der Waals surface area contributed by atoms with Gasteiger partial charge in [0.25, 0.3) is 0 Å². The normalized spacial score (nSPS) is 18.6. The fourth-order valence-corrected chi connectivity index (χ4v) is 2.35. The molecule has 1 atom stereocenters. The van der Waals surface area contributed by atoms with Crippen LogP contribution in [-0.4, -0.2) is 11.0 Å². The van der Waals surface area contributed by atoms with Crippen molar-refractivity contribution in [3.05, 3.63) is 41.1 Å². The minimum atomic E-state index is 0.154. The van der Waals surface area contributed by atoms with Crippen molar-refractivity contribution in [1.29, 1.82) is 0 Å². The van der Waals surface area contributed by atoms with Crippen molar-refractivity contribution < 1.29 is 5.21 Å². The third-order valence-corrected chi connectivity index (χ3v) is 3.15. The molecule has 1 aromatic carbocycles. The number of fused-ring (bicyclic) bond motifs is 1. The summed E-state index contributed by atoms with van der Waals surface area (Å²) in [5.41, 5.74) is 8.73. The molecule has 0 radical (unpaired) electrons. The fraction of sp³-hybridized carbons (Fsp3) is 0.357. The first kappa shape index (κ1) is 12.5. The lowest BCUT2D eigenvalue weighted by Crippen LogP contribution is -2.24. The highest BCUT2D eigenvalue weighted by Gasteiger charge is 2.20. The molecule has 1 aliphatic rings. The molecular weight excluding hydrogens is 226 g/mol. The second-order valence-electron chi connectivity index (χ2n) is 4.98. The van der Waals surface area contributed by atoms with Gasteiger partial charge in [0.15, 0.2) is 5.84 Å². The van der Waals surface area contributed by atoms with Gasteiger partial charge in [0.05, 0.1) is 6.04 Å². The van der Waals surface area contributed by atoms with Gasteiger partial charge in [-0.05, 0) is 35.7 Å². The lowest BCUT2D eigenvalue weighted by Gasteiger charge is -2.26. The van der Waals surface area contributed by atoms with Crippen LogP contribution in [0.4, 0.5) is 0 Å². The fourth-order valence-electron chi connectivity index (χ4n) is 2.35. The Bertz CT molecular complexity index is 492. The molecule has 1 unspecified atom stereocenters. The molecule has 96 valence electrons. The van der Waals surface area contributed by atoms with Crippen LogP contribution < -0.4 is 11.1 Å². The molecule has 1 aromatic rings. The van der Waals surface area contributed by atoms with Gasteiger partial charge in [-0.3, -0.25) is 0 Å². The summed E-state index contributed by atoms with van der Waals surface area (Å²) >= 11 is 0. The van der Waals surface area contributed by atoms with E-state index in [-0.39, 0.29) is 11.9 Å². The minimum absolute atomic E-state index is 0.154. The van der Waals surface area contributed by atoms with Crippen LogP contribution in [0, 0.1) is 5.92 Å². The molecule has 1 heterocycles. The maximum Gasteiger partial charge on any atom is 0.170 e. The van der Waals surface area contributed by atoms with E-state index in [0.717, 1.165) is 17.5 Å². The van der Waals surface area contributed by atoms with E-state index in [9.17, 15) is 0 Å². The molecule has 0 amide bonds. The topological polar surface area (TPSA) is 70.6 Å². The van der Waals surface area contributed by atoms with Crippen LogP contribution in [0.2, 0.25) is 0 Å². The van der Waals surface area contributed by atoms with Crippen LogP contribution in [0.15, 0.2) is 29.6 Å². The summed E-state index contributed by atoms with van der Waals surface area (Å²) < 4.78 is 0. The zero-order valence-electron chi connectivity index (χ0n) is 10.7. The molecule has 4 heteroatoms. The van der Waals surface area contributed by atoms with Crippen molar-refractivity contribution in [2.75, 3.05) is 0 Å². The van der Waals surface area contributed by atoms with Gasteiger partial charge in [-0.15, -0.1) is 0 Å². The van der Waals surface area contributed by atoms with E-state index in [1.807, 2.05) is 24.4 Å². The Labute approximate surface area is 107 Å². The molecule has 0 saturated carbocycles. The first-order valence-electron chi connectivity index (χ1n) is 6.17. The van der Waals surface area contributed by atoms with E-state index >= 15 is 0 Å². The van der Waals surface area contributed by atoms with Crippen LogP contribution in [0.3, 0.4) is 0 Å². The first-order chi connectivity index (χ1) is 8.63. The van der Waals surface area contributed by atoms with Crippen molar-refractivity contribution in [3.63, 3.8) is 0 Å². The quantitative estimate of drug-likeness (QED) is 0.331. The van der Waals surface area contributed by atoms with Crippen molar-refractivity contribution in [2.24, 2.45) is 16.8 Å². The largest absolute Gasteiger partial charge is 0.409 e. The standard InChI is InChI=1S/C14H19N3O/c1-9(2)8-13-11-4-3-5-12(14(15)17-18)10(11)6-7-16-13/h3-7,9,13,16,18H,8H2,1-2H3,(H2,15,17). The van der Waals surface area contributed by atoms with E-state index in [1.54, 1.807) is 0 Å². The maximum atomic E-state index is 8.82. The van der Waals surface area contributed by atoms with Gasteiger partial charge in [-0.25, -0.2) is 0 Å². The molecule has 0 saturated heterocycles. The van der Waals surface area contributed by atoms with Crippen molar-refractivity contribution in [1.82, 2.24) is 5.32 Å². The summed E-state index contributed by atoms with van der Waals surface area (Å²) in [7, 11) is 0.